The number of amides is 2. The summed E-state index contributed by atoms with van der Waals surface area (Å²) in [6.45, 7) is 4.68. The first-order valence-electron chi connectivity index (χ1n) is 9.24. The first-order valence-corrected chi connectivity index (χ1v) is 9.24. The molecule has 1 fully saturated rings. The molecular weight excluding hydrogens is 344 g/mol. The molecule has 1 aliphatic heterocycles. The number of para-hydroxylation sites is 1. The number of carbonyl (C=O) groups is 1. The van der Waals surface area contributed by atoms with Gasteiger partial charge in [-0.3, -0.25) is 10.00 Å². The van der Waals surface area contributed by atoms with Crippen LogP contribution in [-0.2, 0) is 11.8 Å². The molecule has 3 aromatic rings. The molecule has 0 radical (unpaired) electrons. The lowest BCUT2D eigenvalue weighted by Crippen LogP contribution is -2.31. The number of urea groups is 1. The number of hydrogen-bond acceptors (Lipinski definition) is 4. The van der Waals surface area contributed by atoms with Crippen molar-refractivity contribution < 1.29 is 13.9 Å². The van der Waals surface area contributed by atoms with Crippen molar-refractivity contribution in [3.63, 3.8) is 0 Å². The molecule has 2 N–H and O–H groups in total. The fourth-order valence-corrected chi connectivity index (χ4v) is 3.60. The highest BCUT2D eigenvalue weighted by atomic mass is 16.5. The Labute approximate surface area is 157 Å². The molecular formula is C20H24N4O3. The van der Waals surface area contributed by atoms with E-state index < -0.39 is 0 Å². The Bertz CT molecular complexity index is 969. The fraction of sp³-hybridized carbons (Fsp3) is 0.400. The third-order valence-electron chi connectivity index (χ3n) is 5.02. The molecule has 7 nitrogen and oxygen atoms in total. The van der Waals surface area contributed by atoms with Crippen LogP contribution in [0.15, 0.2) is 34.7 Å². The Morgan fingerprint density at radius 3 is 2.93 bits per heavy atom. The summed E-state index contributed by atoms with van der Waals surface area (Å²) >= 11 is 0. The fourth-order valence-electron chi connectivity index (χ4n) is 3.60. The first kappa shape index (κ1) is 17.6. The number of furan rings is 1. The Hall–Kier alpha value is -2.80. The van der Waals surface area contributed by atoms with Gasteiger partial charge in [0.15, 0.2) is 0 Å². The lowest BCUT2D eigenvalue weighted by atomic mass is 10.1. The standard InChI is InChI=1S/C20H24N4O3/c1-12-14-7-4-5-8-16(14)27-19(12)13(2)21-20(25)22-18-11-15(23-24(18)3)17-9-6-10-26-17/h4-5,7-8,11,13,17H,6,9-10H2,1-3H3,(H2,21,22,25). The zero-order valence-electron chi connectivity index (χ0n) is 15.8. The zero-order valence-corrected chi connectivity index (χ0v) is 15.8. The minimum Gasteiger partial charge on any atom is -0.459 e. The van der Waals surface area contributed by atoms with Gasteiger partial charge in [-0.1, -0.05) is 18.2 Å². The largest absolute Gasteiger partial charge is 0.459 e. The van der Waals surface area contributed by atoms with Crippen molar-refractivity contribution >= 4 is 22.8 Å². The SMILES string of the molecule is Cc1c(C(C)NC(=O)Nc2cc(C3CCCO3)nn2C)oc2ccccc12. The molecule has 7 heteroatoms. The Morgan fingerprint density at radius 2 is 2.19 bits per heavy atom. The summed E-state index contributed by atoms with van der Waals surface area (Å²) in [6, 6.07) is 9.18. The van der Waals surface area contributed by atoms with E-state index in [0.29, 0.717) is 5.82 Å². The number of carbonyl (C=O) groups excluding carboxylic acids is 1. The Balaban J connectivity index is 1.45. The predicted octanol–water partition coefficient (Wildman–Crippen LogP) is 4.21. The number of rotatable bonds is 4. The topological polar surface area (TPSA) is 81.3 Å². The average Bonchev–Trinajstić information content (AvgIpc) is 3.36. The molecule has 0 spiro atoms. The Kier molecular flexibility index (Phi) is 4.61. The molecule has 27 heavy (non-hydrogen) atoms. The van der Waals surface area contributed by atoms with Gasteiger partial charge >= 0.3 is 6.03 Å². The molecule has 2 aromatic heterocycles. The second-order valence-electron chi connectivity index (χ2n) is 6.99. The van der Waals surface area contributed by atoms with E-state index in [1.165, 1.54) is 0 Å². The second-order valence-corrected chi connectivity index (χ2v) is 6.99. The number of hydrogen-bond donors (Lipinski definition) is 2. The number of ether oxygens (including phenoxy) is 1. The van der Waals surface area contributed by atoms with Crippen molar-refractivity contribution in [2.45, 2.75) is 38.8 Å². The van der Waals surface area contributed by atoms with E-state index in [9.17, 15) is 4.79 Å². The maximum Gasteiger partial charge on any atom is 0.320 e. The predicted molar refractivity (Wildman–Crippen MR) is 103 cm³/mol. The summed E-state index contributed by atoms with van der Waals surface area (Å²) in [7, 11) is 1.81. The number of benzene rings is 1. The van der Waals surface area contributed by atoms with Crippen LogP contribution in [0.1, 0.15) is 48.9 Å². The van der Waals surface area contributed by atoms with E-state index >= 15 is 0 Å². The van der Waals surface area contributed by atoms with Crippen LogP contribution in [0.3, 0.4) is 0 Å². The van der Waals surface area contributed by atoms with Crippen molar-refractivity contribution in [1.82, 2.24) is 15.1 Å². The summed E-state index contributed by atoms with van der Waals surface area (Å²) < 4.78 is 13.3. The average molecular weight is 368 g/mol. The smallest absolute Gasteiger partial charge is 0.320 e. The third-order valence-corrected chi connectivity index (χ3v) is 5.02. The minimum atomic E-state index is -0.302. The quantitative estimate of drug-likeness (QED) is 0.723. The molecule has 0 aliphatic carbocycles. The van der Waals surface area contributed by atoms with Gasteiger partial charge in [0.2, 0.25) is 0 Å². The molecule has 2 atom stereocenters. The molecule has 4 rings (SSSR count). The van der Waals surface area contributed by atoms with Crippen LogP contribution in [0.25, 0.3) is 11.0 Å². The van der Waals surface area contributed by atoms with Crippen molar-refractivity contribution in [2.75, 3.05) is 11.9 Å². The van der Waals surface area contributed by atoms with Gasteiger partial charge in [-0.05, 0) is 32.8 Å². The highest BCUT2D eigenvalue weighted by Crippen LogP contribution is 2.30. The minimum absolute atomic E-state index is 0.0203. The summed E-state index contributed by atoms with van der Waals surface area (Å²) in [4.78, 5) is 12.5. The van der Waals surface area contributed by atoms with E-state index in [4.69, 9.17) is 9.15 Å². The van der Waals surface area contributed by atoms with Gasteiger partial charge in [0, 0.05) is 30.7 Å². The van der Waals surface area contributed by atoms with Crippen molar-refractivity contribution in [2.24, 2.45) is 7.05 Å². The van der Waals surface area contributed by atoms with Crippen LogP contribution >= 0.6 is 0 Å². The normalized spacial score (nSPS) is 18.0. The van der Waals surface area contributed by atoms with Crippen LogP contribution in [0, 0.1) is 6.92 Å². The van der Waals surface area contributed by atoms with Gasteiger partial charge in [0.25, 0.3) is 0 Å². The van der Waals surface area contributed by atoms with Gasteiger partial charge in [-0.25, -0.2) is 4.79 Å². The van der Waals surface area contributed by atoms with Crippen LogP contribution in [-0.4, -0.2) is 22.4 Å². The number of aryl methyl sites for hydroxylation is 2. The summed E-state index contributed by atoms with van der Waals surface area (Å²) in [6.07, 6.45) is 2.02. The molecule has 0 saturated carbocycles. The molecule has 3 heterocycles. The first-order chi connectivity index (χ1) is 13.0. The molecule has 0 bridgehead atoms. The number of nitrogens with one attached hydrogen (secondary N) is 2. The van der Waals surface area contributed by atoms with Gasteiger partial charge < -0.3 is 14.5 Å². The van der Waals surface area contributed by atoms with Crippen molar-refractivity contribution in [1.29, 1.82) is 0 Å². The lowest BCUT2D eigenvalue weighted by molar-refractivity contribution is 0.108. The molecule has 142 valence electrons. The lowest BCUT2D eigenvalue weighted by Gasteiger charge is -2.13. The summed E-state index contributed by atoms with van der Waals surface area (Å²) in [5.41, 5.74) is 2.72. The van der Waals surface area contributed by atoms with Crippen molar-refractivity contribution in [3.8, 4) is 0 Å². The van der Waals surface area contributed by atoms with E-state index in [1.807, 2.05) is 44.2 Å². The van der Waals surface area contributed by atoms with E-state index in [0.717, 1.165) is 47.4 Å². The van der Waals surface area contributed by atoms with Crippen LogP contribution in [0.5, 0.6) is 0 Å². The molecule has 1 aliphatic rings. The van der Waals surface area contributed by atoms with Gasteiger partial charge in [-0.15, -0.1) is 0 Å². The van der Waals surface area contributed by atoms with Gasteiger partial charge in [0.1, 0.15) is 23.3 Å². The van der Waals surface area contributed by atoms with Crippen LogP contribution < -0.4 is 10.6 Å². The zero-order chi connectivity index (χ0) is 19.0. The summed E-state index contributed by atoms with van der Waals surface area (Å²) in [5, 5.41) is 11.3. The maximum absolute atomic E-state index is 12.5. The van der Waals surface area contributed by atoms with Crippen LogP contribution in [0.2, 0.25) is 0 Å². The number of nitrogens with zero attached hydrogens (tertiary/aromatic N) is 2. The van der Waals surface area contributed by atoms with E-state index in [1.54, 1.807) is 11.7 Å². The van der Waals surface area contributed by atoms with Crippen LogP contribution in [0.4, 0.5) is 10.6 Å². The third kappa shape index (κ3) is 3.42. The van der Waals surface area contributed by atoms with Crippen molar-refractivity contribution in [3.05, 3.63) is 47.3 Å². The number of aromatic nitrogens is 2. The highest BCUT2D eigenvalue weighted by Gasteiger charge is 2.23. The number of fused-ring (bicyclic) bond motifs is 1. The monoisotopic (exact) mass is 368 g/mol. The van der Waals surface area contributed by atoms with E-state index in [-0.39, 0.29) is 18.2 Å². The molecule has 2 unspecified atom stereocenters. The van der Waals surface area contributed by atoms with E-state index in [2.05, 4.69) is 15.7 Å². The second kappa shape index (κ2) is 7.08. The summed E-state index contributed by atoms with van der Waals surface area (Å²) in [5.74, 6) is 1.39. The van der Waals surface area contributed by atoms with Gasteiger partial charge in [-0.2, -0.15) is 5.10 Å². The molecule has 2 amide bonds. The Morgan fingerprint density at radius 1 is 1.37 bits per heavy atom. The molecule has 1 saturated heterocycles. The maximum atomic E-state index is 12.5. The molecule has 1 aromatic carbocycles. The van der Waals surface area contributed by atoms with Gasteiger partial charge in [0.05, 0.1) is 11.7 Å². The number of anilines is 1. The highest BCUT2D eigenvalue weighted by molar-refractivity contribution is 5.89.